The van der Waals surface area contributed by atoms with E-state index in [9.17, 15) is 19.5 Å². The van der Waals surface area contributed by atoms with Crippen molar-refractivity contribution in [2.24, 2.45) is 23.7 Å². The first-order valence-electron chi connectivity index (χ1n) is 7.64. The molecular formula is C18H15NO4. The molecule has 5 nitrogen and oxygen atoms in total. The molecule has 116 valence electrons. The number of aliphatic hydroxyl groups is 1. The van der Waals surface area contributed by atoms with Crippen LogP contribution in [0.25, 0.3) is 0 Å². The van der Waals surface area contributed by atoms with Crippen molar-refractivity contribution in [1.29, 1.82) is 0 Å². The van der Waals surface area contributed by atoms with Crippen molar-refractivity contribution in [3.63, 3.8) is 0 Å². The highest BCUT2D eigenvalue weighted by Crippen LogP contribution is 2.55. The summed E-state index contributed by atoms with van der Waals surface area (Å²) in [6.07, 6.45) is 4.85. The van der Waals surface area contributed by atoms with Gasteiger partial charge in [-0.25, -0.2) is 0 Å². The Morgan fingerprint density at radius 2 is 1.65 bits per heavy atom. The number of imide groups is 1. The predicted molar refractivity (Wildman–Crippen MR) is 81.3 cm³/mol. The van der Waals surface area contributed by atoms with Gasteiger partial charge >= 0.3 is 0 Å². The monoisotopic (exact) mass is 309 g/mol. The molecule has 23 heavy (non-hydrogen) atoms. The van der Waals surface area contributed by atoms with Crippen LogP contribution < -0.4 is 5.32 Å². The Morgan fingerprint density at radius 3 is 2.30 bits per heavy atom. The van der Waals surface area contributed by atoms with Crippen LogP contribution in [-0.2, 0) is 9.59 Å². The number of hydrogen-bond donors (Lipinski definition) is 2. The average molecular weight is 309 g/mol. The highest BCUT2D eigenvalue weighted by molar-refractivity contribution is 6.26. The zero-order valence-corrected chi connectivity index (χ0v) is 12.2. The predicted octanol–water partition coefficient (Wildman–Crippen LogP) is 1.78. The van der Waals surface area contributed by atoms with Crippen molar-refractivity contribution in [3.05, 3.63) is 59.4 Å². The second-order valence-corrected chi connectivity index (χ2v) is 6.27. The van der Waals surface area contributed by atoms with Crippen LogP contribution in [0.2, 0.25) is 0 Å². The van der Waals surface area contributed by atoms with Gasteiger partial charge in [0.2, 0.25) is 0 Å². The van der Waals surface area contributed by atoms with Gasteiger partial charge in [0, 0.05) is 17.4 Å². The van der Waals surface area contributed by atoms with Crippen molar-refractivity contribution in [2.45, 2.75) is 6.42 Å². The van der Waals surface area contributed by atoms with E-state index in [1.807, 2.05) is 12.2 Å². The Balaban J connectivity index is 1.57. The zero-order valence-electron chi connectivity index (χ0n) is 12.2. The van der Waals surface area contributed by atoms with E-state index in [1.165, 1.54) is 0 Å². The van der Waals surface area contributed by atoms with Gasteiger partial charge < -0.3 is 5.11 Å². The lowest BCUT2D eigenvalue weighted by atomic mass is 9.84. The summed E-state index contributed by atoms with van der Waals surface area (Å²) in [5, 5.41) is 12.6. The number of aliphatic hydroxyl groups excluding tert-OH is 1. The molecule has 1 aromatic rings. The zero-order chi connectivity index (χ0) is 16.1. The first-order chi connectivity index (χ1) is 11.1. The molecular weight excluding hydrogens is 294 g/mol. The molecule has 0 aliphatic heterocycles. The molecule has 4 rings (SSSR count). The summed E-state index contributed by atoms with van der Waals surface area (Å²) >= 11 is 0. The lowest BCUT2D eigenvalue weighted by molar-refractivity contribution is -0.124. The second-order valence-electron chi connectivity index (χ2n) is 6.27. The van der Waals surface area contributed by atoms with E-state index < -0.39 is 11.8 Å². The maximum absolute atomic E-state index is 12.5. The smallest absolute Gasteiger partial charge is 0.265 e. The maximum Gasteiger partial charge on any atom is 0.265 e. The van der Waals surface area contributed by atoms with Crippen LogP contribution >= 0.6 is 0 Å². The fourth-order valence-corrected chi connectivity index (χ4v) is 4.07. The standard InChI is InChI=1S/C18H15NO4/c20-15-12-10-6-7-11(8-10)13(12)16(21)14(15)18(23)19-17(22)9-4-2-1-3-5-9/h1-7,10-13,20H,8H2,(H,19,22,23). The number of fused-ring (bicyclic) bond motifs is 5. The molecule has 0 saturated heterocycles. The number of allylic oxidation sites excluding steroid dienone is 3. The minimum atomic E-state index is -0.810. The molecule has 3 aliphatic carbocycles. The number of hydrogen-bond acceptors (Lipinski definition) is 4. The number of amides is 2. The third kappa shape index (κ3) is 1.96. The largest absolute Gasteiger partial charge is 0.511 e. The van der Waals surface area contributed by atoms with Gasteiger partial charge in [0.15, 0.2) is 5.78 Å². The summed E-state index contributed by atoms with van der Waals surface area (Å²) in [5.74, 6) is -2.34. The molecule has 5 heteroatoms. The molecule has 0 aromatic heterocycles. The molecule has 4 unspecified atom stereocenters. The molecule has 2 N–H and O–H groups in total. The Kier molecular flexibility index (Phi) is 2.98. The Labute approximate surface area is 132 Å². The van der Waals surface area contributed by atoms with Gasteiger partial charge in [-0.2, -0.15) is 0 Å². The summed E-state index contributed by atoms with van der Waals surface area (Å²) in [7, 11) is 0. The number of ketones is 1. The molecule has 1 saturated carbocycles. The minimum absolute atomic E-state index is 0.0924. The molecule has 1 fully saturated rings. The van der Waals surface area contributed by atoms with Crippen LogP contribution in [0.4, 0.5) is 0 Å². The molecule has 0 spiro atoms. The van der Waals surface area contributed by atoms with Gasteiger partial charge in [-0.15, -0.1) is 0 Å². The van der Waals surface area contributed by atoms with Crippen LogP contribution in [-0.4, -0.2) is 22.7 Å². The molecule has 2 bridgehead atoms. The highest BCUT2D eigenvalue weighted by atomic mass is 16.3. The molecule has 2 amide bonds. The minimum Gasteiger partial charge on any atom is -0.511 e. The van der Waals surface area contributed by atoms with Crippen LogP contribution in [0.1, 0.15) is 16.8 Å². The molecule has 3 aliphatic rings. The summed E-state index contributed by atoms with van der Waals surface area (Å²) < 4.78 is 0. The van der Waals surface area contributed by atoms with Crippen molar-refractivity contribution in [2.75, 3.05) is 0 Å². The Hall–Kier alpha value is -2.69. The van der Waals surface area contributed by atoms with Crippen molar-refractivity contribution in [1.82, 2.24) is 5.32 Å². The van der Waals surface area contributed by atoms with E-state index in [4.69, 9.17) is 0 Å². The number of rotatable bonds is 2. The van der Waals surface area contributed by atoms with E-state index >= 15 is 0 Å². The van der Waals surface area contributed by atoms with Crippen LogP contribution in [0, 0.1) is 23.7 Å². The van der Waals surface area contributed by atoms with Gasteiger partial charge in [0.25, 0.3) is 11.8 Å². The summed E-state index contributed by atoms with van der Waals surface area (Å²) in [6.45, 7) is 0. The first-order valence-corrected chi connectivity index (χ1v) is 7.64. The quantitative estimate of drug-likeness (QED) is 0.495. The average Bonchev–Trinajstić information content (AvgIpc) is 3.22. The molecule has 1 aromatic carbocycles. The van der Waals surface area contributed by atoms with Crippen LogP contribution in [0.5, 0.6) is 0 Å². The van der Waals surface area contributed by atoms with E-state index in [2.05, 4.69) is 5.32 Å². The van der Waals surface area contributed by atoms with E-state index in [0.717, 1.165) is 6.42 Å². The van der Waals surface area contributed by atoms with Crippen LogP contribution in [0.3, 0.4) is 0 Å². The molecule has 0 heterocycles. The lowest BCUT2D eigenvalue weighted by Gasteiger charge is -2.18. The summed E-state index contributed by atoms with van der Waals surface area (Å²) in [4.78, 5) is 36.9. The van der Waals surface area contributed by atoms with Gasteiger partial charge in [-0.1, -0.05) is 30.4 Å². The van der Waals surface area contributed by atoms with Crippen molar-refractivity contribution in [3.8, 4) is 0 Å². The number of nitrogens with one attached hydrogen (secondary N) is 1. The molecule has 0 radical (unpaired) electrons. The highest BCUT2D eigenvalue weighted by Gasteiger charge is 2.56. The summed E-state index contributed by atoms with van der Waals surface area (Å²) in [6, 6.07) is 8.28. The SMILES string of the molecule is O=C(NC(=O)c1ccccc1)C1=C(O)C2C3C=CC(C3)C2C1=O. The van der Waals surface area contributed by atoms with Gasteiger partial charge in [-0.05, 0) is 30.4 Å². The van der Waals surface area contributed by atoms with Crippen molar-refractivity contribution < 1.29 is 19.5 Å². The maximum atomic E-state index is 12.5. The van der Waals surface area contributed by atoms with Gasteiger partial charge in [0.05, 0.1) is 0 Å². The Morgan fingerprint density at radius 1 is 1.00 bits per heavy atom. The molecule has 4 atom stereocenters. The topological polar surface area (TPSA) is 83.5 Å². The van der Waals surface area contributed by atoms with E-state index in [0.29, 0.717) is 5.56 Å². The fraction of sp³-hybridized carbons (Fsp3) is 0.278. The lowest BCUT2D eigenvalue weighted by Crippen LogP contribution is -2.34. The van der Waals surface area contributed by atoms with Crippen molar-refractivity contribution >= 4 is 17.6 Å². The van der Waals surface area contributed by atoms with Gasteiger partial charge in [0.1, 0.15) is 11.3 Å². The summed E-state index contributed by atoms with van der Waals surface area (Å²) in [5.41, 5.74) is 0.0796. The third-order valence-electron chi connectivity index (χ3n) is 5.07. The van der Waals surface area contributed by atoms with E-state index in [-0.39, 0.29) is 40.8 Å². The normalized spacial score (nSPS) is 30.7. The number of Topliss-reactive ketones (excluding diaryl/α,β-unsaturated/α-hetero) is 1. The Bertz CT molecular complexity index is 777. The van der Waals surface area contributed by atoms with E-state index in [1.54, 1.807) is 30.3 Å². The third-order valence-corrected chi connectivity index (χ3v) is 5.07. The number of carbonyl (C=O) groups excluding carboxylic acids is 3. The fourth-order valence-electron chi connectivity index (χ4n) is 4.07. The number of carbonyl (C=O) groups is 3. The first kappa shape index (κ1) is 13.9. The number of benzene rings is 1. The second kappa shape index (κ2) is 4.91. The van der Waals surface area contributed by atoms with Gasteiger partial charge in [-0.3, -0.25) is 19.7 Å². The van der Waals surface area contributed by atoms with Crippen LogP contribution in [0.15, 0.2) is 53.8 Å².